The van der Waals surface area contributed by atoms with Crippen LogP contribution in [0.3, 0.4) is 0 Å². The van der Waals surface area contributed by atoms with Crippen molar-refractivity contribution in [1.29, 1.82) is 0 Å². The number of Topliss-reactive ketones (excluding diaryl/α,β-unsaturated/α-hetero) is 2. The molecule has 14 nitrogen and oxygen atoms in total. The summed E-state index contributed by atoms with van der Waals surface area (Å²) in [6, 6.07) is -2.30. The quantitative estimate of drug-likeness (QED) is 0.0559. The lowest BCUT2D eigenvalue weighted by Gasteiger charge is -2.36. The van der Waals surface area contributed by atoms with E-state index in [9.17, 15) is 39.0 Å². The summed E-state index contributed by atoms with van der Waals surface area (Å²) in [4.78, 5) is 74.5. The van der Waals surface area contributed by atoms with Gasteiger partial charge in [0.05, 0.1) is 0 Å². The Morgan fingerprint density at radius 3 is 1.24 bits per heavy atom. The Kier molecular flexibility index (Phi) is 22.7. The van der Waals surface area contributed by atoms with Crippen molar-refractivity contribution >= 4 is 35.7 Å². The van der Waals surface area contributed by atoms with Crippen molar-refractivity contribution in [3.8, 4) is 0 Å². The number of nitrogens with one attached hydrogen (secondary N) is 2. The number of nitrogens with two attached hydrogens (primary N) is 2. The van der Waals surface area contributed by atoms with Gasteiger partial charge in [0, 0.05) is 12.8 Å². The molecule has 2 rings (SSSR count). The molecule has 66 heavy (non-hydrogen) atoms. The molecule has 0 aromatic heterocycles. The van der Waals surface area contributed by atoms with Crippen LogP contribution in [-0.4, -0.2) is 83.3 Å². The van der Waals surface area contributed by atoms with Gasteiger partial charge in [0.2, 0.25) is 0 Å². The van der Waals surface area contributed by atoms with E-state index in [1.807, 2.05) is 140 Å². The zero-order valence-corrected chi connectivity index (χ0v) is 40.4. The number of amides is 2. The number of carboxylic acids is 2. The molecule has 360 valence electrons. The van der Waals surface area contributed by atoms with Gasteiger partial charge in [0.15, 0.2) is 23.8 Å². The fraction of sp³-hybridized carbons (Fsp3) is 0.462. The number of carbonyl (C=O) groups is 6. The Balaban J connectivity index is 1.99. The minimum atomic E-state index is -1.19. The molecule has 0 aromatic rings. The molecular weight excluding hydrogens is 841 g/mol. The van der Waals surface area contributed by atoms with E-state index in [0.29, 0.717) is 24.0 Å². The predicted molar refractivity (Wildman–Crippen MR) is 259 cm³/mol. The van der Waals surface area contributed by atoms with Crippen LogP contribution in [0.25, 0.3) is 0 Å². The highest BCUT2D eigenvalue weighted by atomic mass is 16.6. The lowest BCUT2D eigenvalue weighted by molar-refractivity contribution is -0.140. The van der Waals surface area contributed by atoms with Crippen LogP contribution in [0.2, 0.25) is 0 Å². The molecule has 0 bridgehead atoms. The molecule has 0 heterocycles. The van der Waals surface area contributed by atoms with E-state index in [0.717, 1.165) is 33.4 Å². The van der Waals surface area contributed by atoms with Crippen LogP contribution >= 0.6 is 0 Å². The largest absolute Gasteiger partial charge is 0.480 e. The summed E-state index contributed by atoms with van der Waals surface area (Å²) in [5.41, 5.74) is 16.6. The maximum atomic E-state index is 13.2. The molecule has 0 fully saturated rings. The second-order valence-electron chi connectivity index (χ2n) is 18.1. The molecule has 8 N–H and O–H groups in total. The molecule has 4 unspecified atom stereocenters. The van der Waals surface area contributed by atoms with Crippen molar-refractivity contribution in [1.82, 2.24) is 10.6 Å². The van der Waals surface area contributed by atoms with Crippen molar-refractivity contribution in [2.45, 2.75) is 132 Å². The van der Waals surface area contributed by atoms with Gasteiger partial charge in [0.25, 0.3) is 0 Å². The number of rotatable bonds is 22. The van der Waals surface area contributed by atoms with E-state index < -0.39 is 59.2 Å². The highest BCUT2D eigenvalue weighted by Crippen LogP contribution is 2.42. The monoisotopic (exact) mass is 913 g/mol. The maximum absolute atomic E-state index is 13.2. The van der Waals surface area contributed by atoms with Crippen molar-refractivity contribution in [3.05, 3.63) is 130 Å². The number of aliphatic carboxylic acids is 2. The molecule has 2 amide bonds. The molecular formula is C52H72N4O10. The van der Waals surface area contributed by atoms with E-state index in [1.165, 1.54) is 0 Å². The zero-order chi connectivity index (χ0) is 49.8. The Morgan fingerprint density at radius 2 is 0.924 bits per heavy atom. The maximum Gasteiger partial charge on any atom is 0.408 e. The third-order valence-corrected chi connectivity index (χ3v) is 11.3. The average Bonchev–Trinajstić information content (AvgIpc) is 3.22. The Bertz CT molecular complexity index is 2010. The van der Waals surface area contributed by atoms with Gasteiger partial charge >= 0.3 is 24.1 Å². The molecule has 0 radical (unpaired) electrons. The third-order valence-electron chi connectivity index (χ3n) is 11.3. The molecule has 4 atom stereocenters. The third kappa shape index (κ3) is 18.4. The SMILES string of the molecule is CC(C=CC=C(C)C=CC1=C(C)C(=O)C(OC(=O)NC(CCCN)C(=O)O)CC1(C)C)=CC=CC=C(C)C=CC=C(C)C=CC1=C(C)C(=O)C(OC(=O)NC(CCCN)C(=O)O)CC1(C)C. The molecule has 0 spiro atoms. The first-order chi connectivity index (χ1) is 30.9. The van der Waals surface area contributed by atoms with Gasteiger partial charge in [-0.25, -0.2) is 19.2 Å². The van der Waals surface area contributed by atoms with E-state index in [2.05, 4.69) is 10.6 Å². The molecule has 2 aliphatic rings. The molecule has 0 saturated heterocycles. The van der Waals surface area contributed by atoms with E-state index in [-0.39, 0.29) is 50.3 Å². The van der Waals surface area contributed by atoms with Gasteiger partial charge in [-0.1, -0.05) is 135 Å². The molecule has 14 heteroatoms. The van der Waals surface area contributed by atoms with Crippen LogP contribution < -0.4 is 22.1 Å². The summed E-state index contributed by atoms with van der Waals surface area (Å²) in [5, 5.41) is 23.5. The van der Waals surface area contributed by atoms with Crippen molar-refractivity contribution in [3.63, 3.8) is 0 Å². The number of allylic oxidation sites excluding steroid dienone is 20. The van der Waals surface area contributed by atoms with Gasteiger partial charge in [-0.3, -0.25) is 9.59 Å². The van der Waals surface area contributed by atoms with E-state index >= 15 is 0 Å². The first-order valence-corrected chi connectivity index (χ1v) is 22.3. The van der Waals surface area contributed by atoms with Crippen LogP contribution in [0.15, 0.2) is 130 Å². The number of ketones is 2. The minimum absolute atomic E-state index is 0.156. The van der Waals surface area contributed by atoms with Gasteiger partial charge in [-0.15, -0.1) is 0 Å². The predicted octanol–water partition coefficient (Wildman–Crippen LogP) is 8.76. The summed E-state index contributed by atoms with van der Waals surface area (Å²) < 4.78 is 10.8. The highest BCUT2D eigenvalue weighted by Gasteiger charge is 2.41. The van der Waals surface area contributed by atoms with E-state index in [1.54, 1.807) is 13.8 Å². The van der Waals surface area contributed by atoms with Crippen LogP contribution in [0, 0.1) is 10.8 Å². The lowest BCUT2D eigenvalue weighted by Crippen LogP contribution is -2.45. The summed E-state index contributed by atoms with van der Waals surface area (Å²) in [7, 11) is 0. The lowest BCUT2D eigenvalue weighted by atomic mass is 9.71. The second kappa shape index (κ2) is 26.7. The summed E-state index contributed by atoms with van der Waals surface area (Å²) in [5.74, 6) is -3.02. The fourth-order valence-electron chi connectivity index (χ4n) is 7.53. The number of carbonyl (C=O) groups excluding carboxylic acids is 4. The number of hydrogen-bond donors (Lipinski definition) is 6. The van der Waals surface area contributed by atoms with Crippen molar-refractivity contribution in [2.24, 2.45) is 22.3 Å². The standard InChI is InChI=1S/C52H72N4O10/c1-33(19-13-21-35(3)25-27-39-37(5)45(57)43(31-51(39,7)8)65-49(63)55-41(47(59)60)23-15-29-53)17-11-12-18-34(2)20-14-22-36(4)26-28-40-38(6)46(58)44(32-52(40,9)10)66-50(64)56-42(48(61)62)24-16-30-54/h11-14,17-22,25-28,41-44H,15-16,23-24,29-32,53-54H2,1-10H3,(H,55,63)(H,56,64)(H,59,60)(H,61,62). The van der Waals surface area contributed by atoms with Crippen LogP contribution in [0.1, 0.15) is 108 Å². The topological polar surface area (TPSA) is 237 Å². The fourth-order valence-corrected chi connectivity index (χ4v) is 7.53. The van der Waals surface area contributed by atoms with Crippen molar-refractivity contribution in [2.75, 3.05) is 13.1 Å². The van der Waals surface area contributed by atoms with Crippen LogP contribution in [-0.2, 0) is 28.7 Å². The summed E-state index contributed by atoms with van der Waals surface area (Å²) >= 11 is 0. The molecule has 0 aliphatic heterocycles. The second-order valence-corrected chi connectivity index (χ2v) is 18.1. The number of carboxylic acid groups (broad SMARTS) is 2. The number of ether oxygens (including phenoxy) is 2. The minimum Gasteiger partial charge on any atom is -0.480 e. The Labute approximate surface area is 390 Å². The van der Waals surface area contributed by atoms with Gasteiger partial charge < -0.3 is 41.8 Å². The van der Waals surface area contributed by atoms with Gasteiger partial charge in [0.1, 0.15) is 12.1 Å². The molecule has 2 aliphatic carbocycles. The average molecular weight is 913 g/mol. The molecule has 0 aromatic carbocycles. The van der Waals surface area contributed by atoms with Crippen LogP contribution in [0.4, 0.5) is 9.59 Å². The first kappa shape index (κ1) is 56.0. The van der Waals surface area contributed by atoms with Crippen molar-refractivity contribution < 1.29 is 48.5 Å². The van der Waals surface area contributed by atoms with E-state index in [4.69, 9.17) is 20.9 Å². The Hall–Kier alpha value is -6.12. The number of hydrogen-bond acceptors (Lipinski definition) is 10. The first-order valence-electron chi connectivity index (χ1n) is 22.3. The smallest absolute Gasteiger partial charge is 0.408 e. The van der Waals surface area contributed by atoms with Crippen LogP contribution in [0.5, 0.6) is 0 Å². The highest BCUT2D eigenvalue weighted by molar-refractivity contribution is 6.02. The normalized spacial score (nSPS) is 20.8. The zero-order valence-electron chi connectivity index (χ0n) is 40.4. The van der Waals surface area contributed by atoms with Gasteiger partial charge in [-0.05, 0) is 113 Å². The summed E-state index contributed by atoms with van der Waals surface area (Å²) in [6.07, 6.45) is 25.2. The van der Waals surface area contributed by atoms with Gasteiger partial charge in [-0.2, -0.15) is 0 Å². The number of alkyl carbamates (subject to hydrolysis) is 2. The Morgan fingerprint density at radius 1 is 0.606 bits per heavy atom. The summed E-state index contributed by atoms with van der Waals surface area (Å²) in [6.45, 7) is 19.8. The molecule has 0 saturated carbocycles.